The fraction of sp³-hybridized carbons (Fsp3) is 0.348. The summed E-state index contributed by atoms with van der Waals surface area (Å²) in [5.41, 5.74) is 1.94. The van der Waals surface area contributed by atoms with Crippen molar-refractivity contribution in [1.82, 2.24) is 9.80 Å². The minimum atomic E-state index is -0.345. The highest BCUT2D eigenvalue weighted by atomic mass is 16.2. The van der Waals surface area contributed by atoms with Crippen molar-refractivity contribution in [3.8, 4) is 0 Å². The lowest BCUT2D eigenvalue weighted by atomic mass is 9.90. The molecule has 0 bridgehead atoms. The summed E-state index contributed by atoms with van der Waals surface area (Å²) in [7, 11) is 0. The number of amides is 2. The molecule has 1 saturated heterocycles. The number of piperazine rings is 1. The number of carbonyl (C=O) groups is 3. The molecule has 0 unspecified atom stereocenters. The Labute approximate surface area is 166 Å². The van der Waals surface area contributed by atoms with Crippen molar-refractivity contribution in [1.29, 1.82) is 0 Å². The number of hydrogen-bond donors (Lipinski definition) is 0. The molecule has 2 aromatic carbocycles. The first-order valence-corrected chi connectivity index (χ1v) is 9.72. The SMILES string of the molecule is CC(=O)CCC(=O)N1CCN(C(=O)C(c2ccccc2)c2ccccc2)CC1. The van der Waals surface area contributed by atoms with E-state index in [1.165, 1.54) is 6.92 Å². The minimum Gasteiger partial charge on any atom is -0.339 e. The van der Waals surface area contributed by atoms with Crippen LogP contribution in [0.5, 0.6) is 0 Å². The first-order valence-electron chi connectivity index (χ1n) is 9.72. The summed E-state index contributed by atoms with van der Waals surface area (Å²) < 4.78 is 0. The van der Waals surface area contributed by atoms with E-state index in [9.17, 15) is 14.4 Å². The van der Waals surface area contributed by atoms with Crippen LogP contribution in [0.25, 0.3) is 0 Å². The Bertz CT molecular complexity index is 773. The van der Waals surface area contributed by atoms with Gasteiger partial charge in [-0.3, -0.25) is 9.59 Å². The molecular formula is C23H26N2O3. The van der Waals surface area contributed by atoms with Gasteiger partial charge in [-0.2, -0.15) is 0 Å². The highest BCUT2D eigenvalue weighted by Crippen LogP contribution is 2.27. The number of nitrogens with zero attached hydrogens (tertiary/aromatic N) is 2. The van der Waals surface area contributed by atoms with Gasteiger partial charge in [0.2, 0.25) is 11.8 Å². The maximum atomic E-state index is 13.4. The zero-order valence-electron chi connectivity index (χ0n) is 16.2. The number of Topliss-reactive ketones (excluding diaryl/α,β-unsaturated/α-hetero) is 1. The van der Waals surface area contributed by atoms with Gasteiger partial charge >= 0.3 is 0 Å². The Morgan fingerprint density at radius 1 is 0.750 bits per heavy atom. The molecule has 1 aliphatic heterocycles. The van der Waals surface area contributed by atoms with Gasteiger partial charge in [-0.15, -0.1) is 0 Å². The summed E-state index contributed by atoms with van der Waals surface area (Å²) in [5.74, 6) is -0.267. The smallest absolute Gasteiger partial charge is 0.234 e. The standard InChI is InChI=1S/C23H26N2O3/c1-18(26)12-13-21(27)24-14-16-25(17-15-24)23(28)22(19-8-4-2-5-9-19)20-10-6-3-7-11-20/h2-11,22H,12-17H2,1H3. The van der Waals surface area contributed by atoms with E-state index in [0.717, 1.165) is 11.1 Å². The van der Waals surface area contributed by atoms with Gasteiger partial charge in [0, 0.05) is 39.0 Å². The van der Waals surface area contributed by atoms with Crippen LogP contribution in [0.15, 0.2) is 60.7 Å². The summed E-state index contributed by atoms with van der Waals surface area (Å²) in [6.07, 6.45) is 0.530. The molecule has 0 radical (unpaired) electrons. The second-order valence-electron chi connectivity index (χ2n) is 7.16. The molecule has 5 heteroatoms. The molecule has 2 aromatic rings. The number of hydrogen-bond acceptors (Lipinski definition) is 3. The van der Waals surface area contributed by atoms with Crippen LogP contribution in [0.1, 0.15) is 36.8 Å². The van der Waals surface area contributed by atoms with Crippen LogP contribution in [0, 0.1) is 0 Å². The average molecular weight is 378 g/mol. The van der Waals surface area contributed by atoms with Crippen molar-refractivity contribution in [3.63, 3.8) is 0 Å². The number of benzene rings is 2. The molecule has 0 aromatic heterocycles. The summed E-state index contributed by atoms with van der Waals surface area (Å²) >= 11 is 0. The van der Waals surface area contributed by atoms with Crippen LogP contribution in [0.4, 0.5) is 0 Å². The Balaban J connectivity index is 1.69. The monoisotopic (exact) mass is 378 g/mol. The molecular weight excluding hydrogens is 352 g/mol. The molecule has 2 amide bonds. The maximum absolute atomic E-state index is 13.4. The summed E-state index contributed by atoms with van der Waals surface area (Å²) in [6.45, 7) is 3.55. The predicted molar refractivity (Wildman–Crippen MR) is 108 cm³/mol. The van der Waals surface area contributed by atoms with Gasteiger partial charge in [-0.1, -0.05) is 60.7 Å². The molecule has 1 aliphatic rings. The van der Waals surface area contributed by atoms with Gasteiger partial charge in [0.05, 0.1) is 5.92 Å². The van der Waals surface area contributed by atoms with Crippen molar-refractivity contribution < 1.29 is 14.4 Å². The number of ketones is 1. The normalized spacial score (nSPS) is 14.2. The van der Waals surface area contributed by atoms with Crippen molar-refractivity contribution in [3.05, 3.63) is 71.8 Å². The van der Waals surface area contributed by atoms with Crippen LogP contribution in [0.2, 0.25) is 0 Å². The summed E-state index contributed by atoms with van der Waals surface area (Å²) in [4.78, 5) is 40.3. The number of rotatable bonds is 6. The lowest BCUT2D eigenvalue weighted by molar-refractivity contribution is -0.140. The van der Waals surface area contributed by atoms with Gasteiger partial charge in [0.15, 0.2) is 0 Å². The fourth-order valence-electron chi connectivity index (χ4n) is 3.57. The van der Waals surface area contributed by atoms with Gasteiger partial charge in [0.25, 0.3) is 0 Å². The van der Waals surface area contributed by atoms with Crippen molar-refractivity contribution in [2.45, 2.75) is 25.7 Å². The van der Waals surface area contributed by atoms with E-state index in [1.807, 2.05) is 65.6 Å². The molecule has 146 valence electrons. The van der Waals surface area contributed by atoms with Gasteiger partial charge in [0.1, 0.15) is 5.78 Å². The largest absolute Gasteiger partial charge is 0.339 e. The maximum Gasteiger partial charge on any atom is 0.234 e. The molecule has 0 spiro atoms. The highest BCUT2D eigenvalue weighted by molar-refractivity contribution is 5.88. The summed E-state index contributed by atoms with van der Waals surface area (Å²) in [5, 5.41) is 0. The first-order chi connectivity index (χ1) is 13.6. The fourth-order valence-corrected chi connectivity index (χ4v) is 3.57. The third-order valence-corrected chi connectivity index (χ3v) is 5.15. The molecule has 5 nitrogen and oxygen atoms in total. The summed E-state index contributed by atoms with van der Waals surface area (Å²) in [6, 6.07) is 19.6. The molecule has 3 rings (SSSR count). The van der Waals surface area contributed by atoms with E-state index in [2.05, 4.69) is 0 Å². The average Bonchev–Trinajstić information content (AvgIpc) is 2.74. The number of carbonyl (C=O) groups excluding carboxylic acids is 3. The van der Waals surface area contributed by atoms with Crippen LogP contribution < -0.4 is 0 Å². The van der Waals surface area contributed by atoms with Gasteiger partial charge in [-0.05, 0) is 18.1 Å². The Hall–Kier alpha value is -2.95. The molecule has 0 N–H and O–H groups in total. The topological polar surface area (TPSA) is 57.7 Å². The van der Waals surface area contributed by atoms with E-state index in [0.29, 0.717) is 26.2 Å². The first kappa shape index (κ1) is 19.8. The molecule has 1 fully saturated rings. The van der Waals surface area contributed by atoms with E-state index in [1.54, 1.807) is 4.90 Å². The van der Waals surface area contributed by atoms with Gasteiger partial charge in [-0.25, -0.2) is 0 Å². The zero-order chi connectivity index (χ0) is 19.9. The van der Waals surface area contributed by atoms with E-state index >= 15 is 0 Å². The lowest BCUT2D eigenvalue weighted by Crippen LogP contribution is -2.51. The molecule has 0 aliphatic carbocycles. The quantitative estimate of drug-likeness (QED) is 0.777. The van der Waals surface area contributed by atoms with E-state index in [-0.39, 0.29) is 36.4 Å². The zero-order valence-corrected chi connectivity index (χ0v) is 16.2. The third-order valence-electron chi connectivity index (χ3n) is 5.15. The Kier molecular flexibility index (Phi) is 6.58. The molecule has 1 heterocycles. The van der Waals surface area contributed by atoms with Gasteiger partial charge < -0.3 is 14.6 Å². The second kappa shape index (κ2) is 9.31. The van der Waals surface area contributed by atoms with Crippen molar-refractivity contribution >= 4 is 17.6 Å². The Morgan fingerprint density at radius 3 is 1.68 bits per heavy atom. The lowest BCUT2D eigenvalue weighted by Gasteiger charge is -2.36. The third kappa shape index (κ3) is 4.85. The van der Waals surface area contributed by atoms with Crippen molar-refractivity contribution in [2.75, 3.05) is 26.2 Å². The van der Waals surface area contributed by atoms with Crippen LogP contribution in [-0.2, 0) is 14.4 Å². The molecule has 28 heavy (non-hydrogen) atoms. The predicted octanol–water partition coefficient (Wildman–Crippen LogP) is 2.86. The minimum absolute atomic E-state index is 0.00929. The van der Waals surface area contributed by atoms with E-state index in [4.69, 9.17) is 0 Å². The highest BCUT2D eigenvalue weighted by Gasteiger charge is 2.30. The van der Waals surface area contributed by atoms with E-state index < -0.39 is 0 Å². The van der Waals surface area contributed by atoms with Crippen molar-refractivity contribution in [2.24, 2.45) is 0 Å². The second-order valence-corrected chi connectivity index (χ2v) is 7.16. The van der Waals surface area contributed by atoms with Crippen LogP contribution in [0.3, 0.4) is 0 Å². The molecule has 0 atom stereocenters. The van der Waals surface area contributed by atoms with Crippen LogP contribution in [-0.4, -0.2) is 53.6 Å². The Morgan fingerprint density at radius 2 is 1.21 bits per heavy atom. The molecule has 0 saturated carbocycles. The van der Waals surface area contributed by atoms with Crippen LogP contribution >= 0.6 is 0 Å².